The molecule has 1 aromatic carbocycles. The molecule has 0 saturated carbocycles. The van der Waals surface area contributed by atoms with Gasteiger partial charge in [0, 0.05) is 9.77 Å². The van der Waals surface area contributed by atoms with Gasteiger partial charge in [-0.2, -0.15) is 5.10 Å². The highest BCUT2D eigenvalue weighted by molar-refractivity contribution is 14.1. The van der Waals surface area contributed by atoms with E-state index in [1.54, 1.807) is 29.2 Å². The van der Waals surface area contributed by atoms with Gasteiger partial charge in [0.15, 0.2) is 5.65 Å². The summed E-state index contributed by atoms with van der Waals surface area (Å²) in [6.07, 6.45) is 3.39. The summed E-state index contributed by atoms with van der Waals surface area (Å²) >= 11 is 8.17. The molecule has 0 unspecified atom stereocenters. The van der Waals surface area contributed by atoms with Crippen LogP contribution in [0.25, 0.3) is 16.7 Å². The molecule has 3 aromatic rings. The van der Waals surface area contributed by atoms with Crippen molar-refractivity contribution in [2.75, 3.05) is 0 Å². The lowest BCUT2D eigenvalue weighted by molar-refractivity contribution is 0.626. The molecule has 0 atom stereocenters. The molecule has 3 rings (SSSR count). The number of hydrogen-bond donors (Lipinski definition) is 0. The highest BCUT2D eigenvalue weighted by Gasteiger charge is 2.13. The van der Waals surface area contributed by atoms with Gasteiger partial charge in [0.05, 0.1) is 17.3 Å². The Morgan fingerprint density at radius 1 is 1.28 bits per heavy atom. The van der Waals surface area contributed by atoms with E-state index in [0.29, 0.717) is 11.3 Å². The summed E-state index contributed by atoms with van der Waals surface area (Å²) in [6.45, 7) is 0. The monoisotopic (exact) mass is 373 g/mol. The maximum Gasteiger partial charge on any atom is 0.164 e. The van der Waals surface area contributed by atoms with Gasteiger partial charge >= 0.3 is 0 Å². The molecule has 3 nitrogen and oxygen atoms in total. The third kappa shape index (κ3) is 1.78. The van der Waals surface area contributed by atoms with E-state index in [9.17, 15) is 4.39 Å². The lowest BCUT2D eigenvalue weighted by Crippen LogP contribution is -1.99. The zero-order valence-electron chi connectivity index (χ0n) is 8.94. The second-order valence-electron chi connectivity index (χ2n) is 3.66. The summed E-state index contributed by atoms with van der Waals surface area (Å²) in [4.78, 5) is 4.26. The predicted octanol–water partition coefficient (Wildman–Crippen LogP) is 3.82. The van der Waals surface area contributed by atoms with Crippen LogP contribution in [0.15, 0.2) is 36.7 Å². The van der Waals surface area contributed by atoms with Crippen LogP contribution in [0.2, 0.25) is 5.02 Å². The Morgan fingerprint density at radius 3 is 2.94 bits per heavy atom. The van der Waals surface area contributed by atoms with Crippen LogP contribution in [0.1, 0.15) is 0 Å². The Labute approximate surface area is 121 Å². The van der Waals surface area contributed by atoms with E-state index in [-0.39, 0.29) is 5.02 Å². The van der Waals surface area contributed by atoms with Gasteiger partial charge in [0.2, 0.25) is 0 Å². The standard InChI is InChI=1S/C12H6ClFIN3/c13-11-8(14)2-1-3-10(11)18-12-7(6-17-18)9(15)4-5-16-12/h1-6H. The fourth-order valence-electron chi connectivity index (χ4n) is 1.73. The van der Waals surface area contributed by atoms with Crippen LogP contribution in [0.5, 0.6) is 0 Å². The van der Waals surface area contributed by atoms with Crippen molar-refractivity contribution in [1.29, 1.82) is 0 Å². The number of fused-ring (bicyclic) bond motifs is 1. The summed E-state index contributed by atoms with van der Waals surface area (Å²) in [5.41, 5.74) is 1.15. The quantitative estimate of drug-likeness (QED) is 0.607. The summed E-state index contributed by atoms with van der Waals surface area (Å²) in [5.74, 6) is -0.469. The van der Waals surface area contributed by atoms with Crippen LogP contribution < -0.4 is 0 Å². The fourth-order valence-corrected chi connectivity index (χ4v) is 2.48. The molecular formula is C12H6ClFIN3. The van der Waals surface area contributed by atoms with E-state index in [2.05, 4.69) is 32.7 Å². The molecule has 0 radical (unpaired) electrons. The van der Waals surface area contributed by atoms with Crippen molar-refractivity contribution in [1.82, 2.24) is 14.8 Å². The second kappa shape index (κ2) is 4.47. The third-order valence-electron chi connectivity index (χ3n) is 2.58. The van der Waals surface area contributed by atoms with Crippen molar-refractivity contribution in [3.8, 4) is 5.69 Å². The van der Waals surface area contributed by atoms with Gasteiger partial charge in [0.1, 0.15) is 10.8 Å². The van der Waals surface area contributed by atoms with Crippen LogP contribution in [-0.4, -0.2) is 14.8 Å². The van der Waals surface area contributed by atoms with E-state index in [1.807, 2.05) is 6.07 Å². The molecule has 2 aromatic heterocycles. The summed E-state index contributed by atoms with van der Waals surface area (Å²) < 4.78 is 16.0. The third-order valence-corrected chi connectivity index (χ3v) is 3.89. The molecule has 0 aliphatic carbocycles. The minimum atomic E-state index is -0.469. The Balaban J connectivity index is 2.33. The van der Waals surface area contributed by atoms with Crippen LogP contribution in [0.3, 0.4) is 0 Å². The number of halogens is 3. The number of rotatable bonds is 1. The molecule has 18 heavy (non-hydrogen) atoms. The first kappa shape index (κ1) is 11.9. The largest absolute Gasteiger partial charge is 0.236 e. The van der Waals surface area contributed by atoms with Crippen molar-refractivity contribution in [2.45, 2.75) is 0 Å². The van der Waals surface area contributed by atoms with Gasteiger partial charge in [-0.15, -0.1) is 0 Å². The highest BCUT2D eigenvalue weighted by atomic mass is 127. The molecule has 2 heterocycles. The summed E-state index contributed by atoms with van der Waals surface area (Å²) in [6, 6.07) is 6.51. The highest BCUT2D eigenvalue weighted by Crippen LogP contribution is 2.26. The van der Waals surface area contributed by atoms with Gasteiger partial charge in [-0.3, -0.25) is 0 Å². The SMILES string of the molecule is Fc1cccc(-n2ncc3c(I)ccnc32)c1Cl. The van der Waals surface area contributed by atoms with Crippen LogP contribution in [-0.2, 0) is 0 Å². The van der Waals surface area contributed by atoms with Gasteiger partial charge in [0.25, 0.3) is 0 Å². The zero-order valence-corrected chi connectivity index (χ0v) is 11.9. The molecule has 0 aliphatic heterocycles. The van der Waals surface area contributed by atoms with Crippen molar-refractivity contribution in [2.24, 2.45) is 0 Å². The Hall–Kier alpha value is -1.21. The van der Waals surface area contributed by atoms with E-state index >= 15 is 0 Å². The smallest absolute Gasteiger partial charge is 0.164 e. The molecule has 0 N–H and O–H groups in total. The van der Waals surface area contributed by atoms with Crippen molar-refractivity contribution >= 4 is 45.2 Å². The lowest BCUT2D eigenvalue weighted by Gasteiger charge is -2.05. The molecule has 0 saturated heterocycles. The fraction of sp³-hybridized carbons (Fsp3) is 0. The molecule has 0 amide bonds. The molecule has 90 valence electrons. The van der Waals surface area contributed by atoms with Crippen molar-refractivity contribution in [3.05, 3.63) is 51.1 Å². The van der Waals surface area contributed by atoms with Crippen molar-refractivity contribution in [3.63, 3.8) is 0 Å². The minimum Gasteiger partial charge on any atom is -0.236 e. The van der Waals surface area contributed by atoms with E-state index in [1.165, 1.54) is 6.07 Å². The number of nitrogens with zero attached hydrogens (tertiary/aromatic N) is 3. The molecular weight excluding hydrogens is 368 g/mol. The van der Waals surface area contributed by atoms with Crippen LogP contribution >= 0.6 is 34.2 Å². The second-order valence-corrected chi connectivity index (χ2v) is 5.20. The summed E-state index contributed by atoms with van der Waals surface area (Å²) in [5, 5.41) is 5.19. The first-order valence-corrected chi connectivity index (χ1v) is 6.57. The zero-order chi connectivity index (χ0) is 12.7. The molecule has 0 aliphatic rings. The van der Waals surface area contributed by atoms with Gasteiger partial charge in [-0.25, -0.2) is 14.1 Å². The number of pyridine rings is 1. The minimum absolute atomic E-state index is 0.0446. The Bertz CT molecular complexity index is 741. The first-order chi connectivity index (χ1) is 8.68. The molecule has 6 heteroatoms. The van der Waals surface area contributed by atoms with Gasteiger partial charge in [-0.1, -0.05) is 17.7 Å². The average Bonchev–Trinajstić information content (AvgIpc) is 2.78. The topological polar surface area (TPSA) is 30.7 Å². The summed E-state index contributed by atoms with van der Waals surface area (Å²) in [7, 11) is 0. The van der Waals surface area contributed by atoms with E-state index in [0.717, 1.165) is 8.96 Å². The van der Waals surface area contributed by atoms with Gasteiger partial charge < -0.3 is 0 Å². The Kier molecular flexibility index (Phi) is 2.95. The molecule has 0 spiro atoms. The molecule has 0 bridgehead atoms. The van der Waals surface area contributed by atoms with Crippen LogP contribution in [0.4, 0.5) is 4.39 Å². The number of benzene rings is 1. The van der Waals surface area contributed by atoms with Crippen molar-refractivity contribution < 1.29 is 4.39 Å². The first-order valence-electron chi connectivity index (χ1n) is 5.11. The van der Waals surface area contributed by atoms with Crippen LogP contribution in [0, 0.1) is 9.39 Å². The molecule has 0 fully saturated rings. The maximum absolute atomic E-state index is 13.5. The van der Waals surface area contributed by atoms with E-state index in [4.69, 9.17) is 11.6 Å². The number of aromatic nitrogens is 3. The Morgan fingerprint density at radius 2 is 2.11 bits per heavy atom. The normalized spacial score (nSPS) is 11.1. The number of hydrogen-bond acceptors (Lipinski definition) is 2. The predicted molar refractivity (Wildman–Crippen MR) is 76.6 cm³/mol. The maximum atomic E-state index is 13.5. The van der Waals surface area contributed by atoms with E-state index < -0.39 is 5.82 Å². The lowest BCUT2D eigenvalue weighted by atomic mass is 10.3. The average molecular weight is 374 g/mol. The van der Waals surface area contributed by atoms with Gasteiger partial charge in [-0.05, 0) is 40.8 Å².